The van der Waals surface area contributed by atoms with Gasteiger partial charge in [0, 0.05) is 10.4 Å². The molecule has 2 unspecified atom stereocenters. The lowest BCUT2D eigenvalue weighted by atomic mass is 9.73. The van der Waals surface area contributed by atoms with Crippen LogP contribution < -0.4 is 5.32 Å². The zero-order chi connectivity index (χ0) is 19.0. The molecule has 2 aromatic carbocycles. The van der Waals surface area contributed by atoms with Gasteiger partial charge in [-0.05, 0) is 54.3 Å². The van der Waals surface area contributed by atoms with Gasteiger partial charge in [0.1, 0.15) is 5.51 Å². The van der Waals surface area contributed by atoms with Crippen molar-refractivity contribution in [1.82, 2.24) is 10.2 Å². The first-order valence-corrected chi connectivity index (χ1v) is 10.0. The van der Waals surface area contributed by atoms with Crippen molar-refractivity contribution in [3.63, 3.8) is 0 Å². The minimum absolute atomic E-state index is 0.0982. The Morgan fingerprint density at radius 2 is 2.22 bits per heavy atom. The van der Waals surface area contributed by atoms with E-state index < -0.39 is 5.41 Å². The number of nitriles is 1. The number of rotatable bonds is 3. The average Bonchev–Trinajstić information content (AvgIpc) is 3.26. The number of hydrogen-bond donors (Lipinski definition) is 1. The normalized spacial score (nSPS) is 20.7. The highest BCUT2D eigenvalue weighted by molar-refractivity contribution is 9.10. The predicted molar refractivity (Wildman–Crippen MR) is 107 cm³/mol. The molecule has 3 aromatic rings. The molecular formula is C20H15BrN4OS. The summed E-state index contributed by atoms with van der Waals surface area (Å²) in [6.07, 6.45) is 0.593. The van der Waals surface area contributed by atoms with E-state index >= 15 is 0 Å². The highest BCUT2D eigenvalue weighted by Gasteiger charge is 2.49. The van der Waals surface area contributed by atoms with E-state index in [1.165, 1.54) is 11.3 Å². The third-order valence-electron chi connectivity index (χ3n) is 5.06. The molecule has 1 N–H and O–H groups in total. The third-order valence-corrected chi connectivity index (χ3v) is 6.16. The van der Waals surface area contributed by atoms with Gasteiger partial charge >= 0.3 is 0 Å². The Bertz CT molecular complexity index is 1060. The van der Waals surface area contributed by atoms with E-state index in [1.54, 1.807) is 5.51 Å². The summed E-state index contributed by atoms with van der Waals surface area (Å²) in [4.78, 5) is 13.3. The second-order valence-corrected chi connectivity index (χ2v) is 8.55. The number of halogens is 1. The van der Waals surface area contributed by atoms with Crippen LogP contribution in [-0.2, 0) is 11.2 Å². The van der Waals surface area contributed by atoms with Gasteiger partial charge in [0.25, 0.3) is 0 Å². The molecule has 1 aromatic heterocycles. The van der Waals surface area contributed by atoms with Crippen LogP contribution in [0.2, 0.25) is 0 Å². The monoisotopic (exact) mass is 438 g/mol. The van der Waals surface area contributed by atoms with Crippen molar-refractivity contribution in [2.45, 2.75) is 19.3 Å². The Balaban J connectivity index is 1.83. The van der Waals surface area contributed by atoms with Gasteiger partial charge in [0.2, 0.25) is 11.0 Å². The summed E-state index contributed by atoms with van der Waals surface area (Å²) in [5, 5.41) is 20.5. The van der Waals surface area contributed by atoms with E-state index in [9.17, 15) is 10.1 Å². The van der Waals surface area contributed by atoms with E-state index in [4.69, 9.17) is 0 Å². The molecule has 4 rings (SSSR count). The Hall–Kier alpha value is -2.56. The van der Waals surface area contributed by atoms with Crippen LogP contribution in [0.25, 0.3) is 0 Å². The van der Waals surface area contributed by atoms with Crippen LogP contribution >= 0.6 is 27.3 Å². The molecule has 0 saturated heterocycles. The van der Waals surface area contributed by atoms with Crippen molar-refractivity contribution >= 4 is 38.3 Å². The zero-order valence-corrected chi connectivity index (χ0v) is 16.8. The Morgan fingerprint density at radius 1 is 1.37 bits per heavy atom. The molecule has 0 fully saturated rings. The van der Waals surface area contributed by atoms with Crippen LogP contribution in [0.3, 0.4) is 0 Å². The highest BCUT2D eigenvalue weighted by atomic mass is 79.9. The minimum Gasteiger partial charge on any atom is -0.300 e. The number of fused-ring (bicyclic) bond motifs is 1. The SMILES string of the molecule is CC1(C(=O)Nc2nncs2)Cc2ccc(C#N)cc2C1c1cccc(Br)c1. The summed E-state index contributed by atoms with van der Waals surface area (Å²) in [7, 11) is 0. The van der Waals surface area contributed by atoms with E-state index in [1.807, 2.05) is 49.4 Å². The van der Waals surface area contributed by atoms with Crippen LogP contribution in [0.15, 0.2) is 52.4 Å². The molecule has 134 valence electrons. The predicted octanol–water partition coefficient (Wildman–Crippen LogP) is 4.51. The molecule has 1 heterocycles. The van der Waals surface area contributed by atoms with Crippen LogP contribution in [0.5, 0.6) is 0 Å². The second-order valence-electron chi connectivity index (χ2n) is 6.81. The number of amides is 1. The number of anilines is 1. The summed E-state index contributed by atoms with van der Waals surface area (Å²) < 4.78 is 0.955. The number of nitrogens with one attached hydrogen (secondary N) is 1. The van der Waals surface area contributed by atoms with Crippen molar-refractivity contribution in [2.75, 3.05) is 5.32 Å². The van der Waals surface area contributed by atoms with Gasteiger partial charge in [-0.1, -0.05) is 45.5 Å². The molecular weight excluding hydrogens is 424 g/mol. The fourth-order valence-electron chi connectivity index (χ4n) is 3.85. The maximum atomic E-state index is 13.3. The molecule has 27 heavy (non-hydrogen) atoms. The maximum Gasteiger partial charge on any atom is 0.233 e. The first-order valence-electron chi connectivity index (χ1n) is 8.37. The Morgan fingerprint density at radius 3 is 2.93 bits per heavy atom. The smallest absolute Gasteiger partial charge is 0.233 e. The van der Waals surface area contributed by atoms with Gasteiger partial charge in [-0.3, -0.25) is 4.79 Å². The van der Waals surface area contributed by atoms with Crippen LogP contribution in [-0.4, -0.2) is 16.1 Å². The number of aromatic nitrogens is 2. The van der Waals surface area contributed by atoms with Gasteiger partial charge < -0.3 is 5.32 Å². The van der Waals surface area contributed by atoms with Crippen molar-refractivity contribution in [2.24, 2.45) is 5.41 Å². The molecule has 1 amide bonds. The quantitative estimate of drug-likeness (QED) is 0.652. The highest BCUT2D eigenvalue weighted by Crippen LogP contribution is 2.51. The van der Waals surface area contributed by atoms with E-state index in [0.717, 1.165) is 21.2 Å². The fraction of sp³-hybridized carbons (Fsp3) is 0.200. The van der Waals surface area contributed by atoms with E-state index in [-0.39, 0.29) is 11.8 Å². The summed E-state index contributed by atoms with van der Waals surface area (Å²) in [6, 6.07) is 15.9. The number of nitrogens with zero attached hydrogens (tertiary/aromatic N) is 3. The van der Waals surface area contributed by atoms with Crippen LogP contribution in [0.4, 0.5) is 5.13 Å². The topological polar surface area (TPSA) is 78.7 Å². The molecule has 0 saturated carbocycles. The van der Waals surface area contributed by atoms with Crippen LogP contribution in [0.1, 0.15) is 35.1 Å². The molecule has 5 nitrogen and oxygen atoms in total. The summed E-state index contributed by atoms with van der Waals surface area (Å²) in [5.74, 6) is -0.259. The van der Waals surface area contributed by atoms with Crippen molar-refractivity contribution in [3.05, 3.63) is 74.7 Å². The Labute approximate surface area is 169 Å². The lowest BCUT2D eigenvalue weighted by Gasteiger charge is -2.31. The Kier molecular flexibility index (Phi) is 4.54. The summed E-state index contributed by atoms with van der Waals surface area (Å²) in [5.41, 5.74) is 4.64. The van der Waals surface area contributed by atoms with Gasteiger partial charge in [0.05, 0.1) is 17.0 Å². The first-order chi connectivity index (χ1) is 13.0. The van der Waals surface area contributed by atoms with Crippen LogP contribution in [0, 0.1) is 16.7 Å². The maximum absolute atomic E-state index is 13.3. The molecule has 0 spiro atoms. The molecule has 2 atom stereocenters. The first kappa shape index (κ1) is 17.8. The largest absolute Gasteiger partial charge is 0.300 e. The molecule has 0 radical (unpaired) electrons. The number of carbonyl (C=O) groups is 1. The third kappa shape index (κ3) is 3.15. The number of carbonyl (C=O) groups excluding carboxylic acids is 1. The van der Waals surface area contributed by atoms with Gasteiger partial charge in [-0.2, -0.15) is 5.26 Å². The lowest BCUT2D eigenvalue weighted by molar-refractivity contribution is -0.125. The zero-order valence-electron chi connectivity index (χ0n) is 14.4. The molecule has 0 aliphatic heterocycles. The molecule has 1 aliphatic carbocycles. The summed E-state index contributed by atoms with van der Waals surface area (Å²) in [6.45, 7) is 1.97. The fourth-order valence-corrected chi connectivity index (χ4v) is 4.70. The number of hydrogen-bond acceptors (Lipinski definition) is 5. The van der Waals surface area contributed by atoms with Gasteiger partial charge in [-0.15, -0.1) is 10.2 Å². The molecule has 7 heteroatoms. The summed E-state index contributed by atoms with van der Waals surface area (Å²) >= 11 is 4.82. The van der Waals surface area contributed by atoms with Crippen molar-refractivity contribution < 1.29 is 4.79 Å². The number of benzene rings is 2. The van der Waals surface area contributed by atoms with E-state index in [2.05, 4.69) is 37.5 Å². The lowest BCUT2D eigenvalue weighted by Crippen LogP contribution is -2.37. The average molecular weight is 439 g/mol. The standard InChI is InChI=1S/C20H15BrN4OS/c1-20(18(26)24-19-25-23-11-27-19)9-14-6-5-12(10-22)7-16(14)17(20)13-3-2-4-15(21)8-13/h2-8,11,17H,9H2,1H3,(H,24,25,26). The van der Waals surface area contributed by atoms with Crippen molar-refractivity contribution in [1.29, 1.82) is 5.26 Å². The van der Waals surface area contributed by atoms with E-state index in [0.29, 0.717) is 17.1 Å². The van der Waals surface area contributed by atoms with Crippen molar-refractivity contribution in [3.8, 4) is 6.07 Å². The van der Waals surface area contributed by atoms with Gasteiger partial charge in [0.15, 0.2) is 0 Å². The molecule has 1 aliphatic rings. The molecule has 0 bridgehead atoms. The minimum atomic E-state index is -0.705. The van der Waals surface area contributed by atoms with Gasteiger partial charge in [-0.25, -0.2) is 0 Å². The second kappa shape index (κ2) is 6.87.